The van der Waals surface area contributed by atoms with Crippen molar-refractivity contribution in [1.82, 2.24) is 9.97 Å². The maximum Gasteiger partial charge on any atom is 0.148 e. The van der Waals surface area contributed by atoms with Crippen LogP contribution >= 0.6 is 15.9 Å². The van der Waals surface area contributed by atoms with Crippen LogP contribution in [0.3, 0.4) is 0 Å². The molecule has 0 aliphatic carbocycles. The molecule has 1 aromatic heterocycles. The fraction of sp³-hybridized carbons (Fsp3) is 0.500. The van der Waals surface area contributed by atoms with E-state index in [0.29, 0.717) is 13.1 Å². The predicted octanol–water partition coefficient (Wildman–Crippen LogP) is 0.810. The Labute approximate surface area is 84.7 Å². The Balaban J connectivity index is 2.11. The molecule has 0 radical (unpaired) electrons. The summed E-state index contributed by atoms with van der Waals surface area (Å²) >= 11 is 3.25. The summed E-state index contributed by atoms with van der Waals surface area (Å²) in [7, 11) is 0. The van der Waals surface area contributed by atoms with Crippen LogP contribution in [0.2, 0.25) is 0 Å². The molecule has 0 bridgehead atoms. The van der Waals surface area contributed by atoms with Crippen molar-refractivity contribution >= 4 is 21.7 Å². The zero-order valence-corrected chi connectivity index (χ0v) is 8.82. The van der Waals surface area contributed by atoms with E-state index < -0.39 is 5.60 Å². The van der Waals surface area contributed by atoms with Gasteiger partial charge in [-0.15, -0.1) is 0 Å². The third kappa shape index (κ3) is 1.81. The Morgan fingerprint density at radius 1 is 1.54 bits per heavy atom. The van der Waals surface area contributed by atoms with E-state index in [-0.39, 0.29) is 0 Å². The van der Waals surface area contributed by atoms with E-state index in [9.17, 15) is 5.11 Å². The number of β-amino-alcohol motifs (C(OH)–C–C–N with tert-alkyl or cyclic N) is 1. The van der Waals surface area contributed by atoms with Crippen molar-refractivity contribution in [3.63, 3.8) is 0 Å². The fourth-order valence-corrected chi connectivity index (χ4v) is 1.72. The number of anilines is 1. The van der Waals surface area contributed by atoms with Crippen LogP contribution in [0, 0.1) is 0 Å². The molecule has 1 fully saturated rings. The third-order valence-electron chi connectivity index (χ3n) is 1.98. The fourth-order valence-electron chi connectivity index (χ4n) is 1.42. The third-order valence-corrected chi connectivity index (χ3v) is 2.36. The molecule has 1 aliphatic heterocycles. The molecule has 1 N–H and O–H groups in total. The molecule has 70 valence electrons. The zero-order chi connectivity index (χ0) is 9.47. The first-order chi connectivity index (χ1) is 6.07. The largest absolute Gasteiger partial charge is 0.386 e. The van der Waals surface area contributed by atoms with Crippen molar-refractivity contribution in [3.8, 4) is 0 Å². The van der Waals surface area contributed by atoms with Crippen LogP contribution in [0.25, 0.3) is 0 Å². The minimum Gasteiger partial charge on any atom is -0.386 e. The average Bonchev–Trinajstić information content (AvgIpc) is 2.00. The second kappa shape index (κ2) is 2.92. The Morgan fingerprint density at radius 2 is 2.23 bits per heavy atom. The van der Waals surface area contributed by atoms with E-state index in [0.717, 1.165) is 10.4 Å². The summed E-state index contributed by atoms with van der Waals surface area (Å²) < 4.78 is 0.719. The number of nitrogens with zero attached hydrogens (tertiary/aromatic N) is 3. The number of rotatable bonds is 1. The molecule has 5 heteroatoms. The quantitative estimate of drug-likeness (QED) is 0.794. The van der Waals surface area contributed by atoms with Gasteiger partial charge in [-0.3, -0.25) is 4.98 Å². The smallest absolute Gasteiger partial charge is 0.148 e. The Kier molecular flexibility index (Phi) is 2.00. The number of aromatic nitrogens is 2. The molecule has 1 aliphatic rings. The van der Waals surface area contributed by atoms with Crippen LogP contribution in [0.15, 0.2) is 17.0 Å². The van der Waals surface area contributed by atoms with Gasteiger partial charge >= 0.3 is 0 Å². The van der Waals surface area contributed by atoms with Crippen molar-refractivity contribution in [2.45, 2.75) is 12.5 Å². The lowest BCUT2D eigenvalue weighted by Crippen LogP contribution is -2.60. The predicted molar refractivity (Wildman–Crippen MR) is 52.6 cm³/mol. The first kappa shape index (κ1) is 8.90. The average molecular weight is 244 g/mol. The van der Waals surface area contributed by atoms with Crippen molar-refractivity contribution < 1.29 is 5.11 Å². The van der Waals surface area contributed by atoms with Crippen LogP contribution in [-0.2, 0) is 0 Å². The van der Waals surface area contributed by atoms with Gasteiger partial charge < -0.3 is 10.0 Å². The first-order valence-corrected chi connectivity index (χ1v) is 4.81. The number of halogens is 1. The van der Waals surface area contributed by atoms with Gasteiger partial charge in [0.25, 0.3) is 0 Å². The van der Waals surface area contributed by atoms with Gasteiger partial charge in [-0.2, -0.15) is 0 Å². The Morgan fingerprint density at radius 3 is 2.77 bits per heavy atom. The molecule has 0 aromatic carbocycles. The van der Waals surface area contributed by atoms with Gasteiger partial charge in [-0.25, -0.2) is 4.98 Å². The van der Waals surface area contributed by atoms with E-state index in [1.54, 1.807) is 12.4 Å². The number of hydrogen-bond donors (Lipinski definition) is 1. The van der Waals surface area contributed by atoms with Crippen LogP contribution in [0.4, 0.5) is 5.82 Å². The van der Waals surface area contributed by atoms with Gasteiger partial charge in [0.1, 0.15) is 10.4 Å². The highest BCUT2D eigenvalue weighted by Gasteiger charge is 2.37. The van der Waals surface area contributed by atoms with Gasteiger partial charge in [-0.05, 0) is 22.9 Å². The minimum atomic E-state index is -0.565. The highest BCUT2D eigenvalue weighted by atomic mass is 79.9. The molecule has 0 atom stereocenters. The van der Waals surface area contributed by atoms with Crippen LogP contribution in [0.1, 0.15) is 6.92 Å². The number of aliphatic hydroxyl groups is 1. The van der Waals surface area contributed by atoms with E-state index in [4.69, 9.17) is 0 Å². The summed E-state index contributed by atoms with van der Waals surface area (Å²) in [5, 5.41) is 9.51. The maximum absolute atomic E-state index is 9.51. The van der Waals surface area contributed by atoms with Crippen molar-refractivity contribution in [2.75, 3.05) is 18.0 Å². The second-order valence-electron chi connectivity index (χ2n) is 3.55. The molecule has 0 amide bonds. The van der Waals surface area contributed by atoms with Crippen molar-refractivity contribution in [2.24, 2.45) is 0 Å². The molecule has 1 saturated heterocycles. The number of hydrogen-bond acceptors (Lipinski definition) is 4. The van der Waals surface area contributed by atoms with E-state index in [1.807, 2.05) is 11.8 Å². The van der Waals surface area contributed by atoms with Gasteiger partial charge in [0.2, 0.25) is 0 Å². The molecule has 2 heterocycles. The molecule has 0 spiro atoms. The monoisotopic (exact) mass is 243 g/mol. The topological polar surface area (TPSA) is 49.2 Å². The Hall–Kier alpha value is -0.680. The zero-order valence-electron chi connectivity index (χ0n) is 7.24. The molecule has 2 rings (SSSR count). The van der Waals surface area contributed by atoms with E-state index >= 15 is 0 Å². The van der Waals surface area contributed by atoms with Crippen LogP contribution in [0.5, 0.6) is 0 Å². The summed E-state index contributed by atoms with van der Waals surface area (Å²) in [4.78, 5) is 10.2. The summed E-state index contributed by atoms with van der Waals surface area (Å²) in [5.41, 5.74) is -0.565. The maximum atomic E-state index is 9.51. The van der Waals surface area contributed by atoms with Crippen LogP contribution < -0.4 is 4.90 Å². The van der Waals surface area contributed by atoms with Gasteiger partial charge in [0.05, 0.1) is 18.0 Å². The van der Waals surface area contributed by atoms with E-state index in [1.165, 1.54) is 0 Å². The molecular weight excluding hydrogens is 234 g/mol. The highest BCUT2D eigenvalue weighted by Crippen LogP contribution is 2.25. The second-order valence-corrected chi connectivity index (χ2v) is 4.37. The lowest BCUT2D eigenvalue weighted by molar-refractivity contribution is 0.0305. The van der Waals surface area contributed by atoms with E-state index in [2.05, 4.69) is 25.9 Å². The summed E-state index contributed by atoms with van der Waals surface area (Å²) in [6.45, 7) is 3.06. The minimum absolute atomic E-state index is 0.565. The summed E-state index contributed by atoms with van der Waals surface area (Å²) in [6, 6.07) is 0. The molecule has 13 heavy (non-hydrogen) atoms. The molecule has 0 unspecified atom stereocenters. The first-order valence-electron chi connectivity index (χ1n) is 4.02. The van der Waals surface area contributed by atoms with Crippen molar-refractivity contribution in [3.05, 3.63) is 17.0 Å². The standard InChI is InChI=1S/C8H10BrN3O/c1-8(13)4-12(5-8)7-3-10-2-6(9)11-7/h2-3,13H,4-5H2,1H3. The molecule has 1 aromatic rings. The normalized spacial score (nSPS) is 19.8. The Bertz CT molecular complexity index is 321. The van der Waals surface area contributed by atoms with Gasteiger partial charge in [0.15, 0.2) is 0 Å². The summed E-state index contributed by atoms with van der Waals surface area (Å²) in [5.74, 6) is 0.806. The molecule has 4 nitrogen and oxygen atoms in total. The molecular formula is C8H10BrN3O. The summed E-state index contributed by atoms with van der Waals surface area (Å²) in [6.07, 6.45) is 3.33. The van der Waals surface area contributed by atoms with Crippen LogP contribution in [-0.4, -0.2) is 33.8 Å². The van der Waals surface area contributed by atoms with Crippen molar-refractivity contribution in [1.29, 1.82) is 0 Å². The lowest BCUT2D eigenvalue weighted by Gasteiger charge is -2.44. The SMILES string of the molecule is CC1(O)CN(c2cncc(Br)n2)C1. The lowest BCUT2D eigenvalue weighted by atomic mass is 9.97. The highest BCUT2D eigenvalue weighted by molar-refractivity contribution is 9.10. The molecule has 0 saturated carbocycles. The van der Waals surface area contributed by atoms with Gasteiger partial charge in [0, 0.05) is 13.1 Å². The van der Waals surface area contributed by atoms with Gasteiger partial charge in [-0.1, -0.05) is 0 Å².